The van der Waals surface area contributed by atoms with Gasteiger partial charge in [0.05, 0.1) is 25.4 Å². The number of likely N-dealkylation sites (tertiary alicyclic amines) is 1. The maximum Gasteiger partial charge on any atom is 0.237 e. The van der Waals surface area contributed by atoms with Crippen LogP contribution in [0.4, 0.5) is 4.39 Å². The zero-order valence-corrected chi connectivity index (χ0v) is 15.7. The van der Waals surface area contributed by atoms with E-state index in [1.807, 2.05) is 24.0 Å². The topological polar surface area (TPSA) is 78.0 Å². The molecule has 2 fully saturated rings. The molecule has 1 aliphatic heterocycles. The van der Waals surface area contributed by atoms with E-state index in [1.54, 1.807) is 6.20 Å². The molecule has 1 saturated heterocycles. The van der Waals surface area contributed by atoms with Gasteiger partial charge in [-0.25, -0.2) is 4.39 Å². The first-order valence-electron chi connectivity index (χ1n) is 9.20. The molecule has 142 valence electrons. The Bertz CT molecular complexity index is 670. The summed E-state index contributed by atoms with van der Waals surface area (Å²) in [6, 6.07) is 1.66. The summed E-state index contributed by atoms with van der Waals surface area (Å²) < 4.78 is 15.5. The van der Waals surface area contributed by atoms with Gasteiger partial charge in [-0.05, 0) is 31.2 Å². The van der Waals surface area contributed by atoms with E-state index < -0.39 is 12.2 Å². The fourth-order valence-corrected chi connectivity index (χ4v) is 4.64. The van der Waals surface area contributed by atoms with Crippen LogP contribution in [-0.4, -0.2) is 69.1 Å². The Morgan fingerprint density at radius 2 is 2.23 bits per heavy atom. The fourth-order valence-electron chi connectivity index (χ4n) is 4.64. The van der Waals surface area contributed by atoms with Crippen molar-refractivity contribution in [2.75, 3.05) is 20.1 Å². The molecule has 3 rings (SSSR count). The van der Waals surface area contributed by atoms with E-state index >= 15 is 0 Å². The number of likely N-dealkylation sites (N-methyl/N-ethyl adjacent to an activating group) is 1. The Labute approximate surface area is 153 Å². The summed E-state index contributed by atoms with van der Waals surface area (Å²) in [6.07, 6.45) is 4.66. The van der Waals surface area contributed by atoms with Gasteiger partial charge in [-0.15, -0.1) is 5.10 Å². The molecule has 4 atom stereocenters. The second kappa shape index (κ2) is 7.31. The number of hydrogen-bond acceptors (Lipinski definition) is 5. The third kappa shape index (κ3) is 3.58. The molecule has 2 heterocycles. The summed E-state index contributed by atoms with van der Waals surface area (Å²) >= 11 is 0. The molecule has 0 N–H and O–H groups in total. The molecule has 0 aromatic carbocycles. The number of carbonyl (C=O) groups excluding carboxylic acids is 1. The average molecular weight is 362 g/mol. The summed E-state index contributed by atoms with van der Waals surface area (Å²) in [5.41, 5.74) is 0.0171. The number of carbonyl (C=O) groups is 1. The zero-order valence-electron chi connectivity index (χ0n) is 15.7. The van der Waals surface area contributed by atoms with Crippen LogP contribution in [0, 0.1) is 22.7 Å². The second-order valence-electron chi connectivity index (χ2n) is 8.18. The molecule has 2 aliphatic rings. The van der Waals surface area contributed by atoms with Gasteiger partial charge in [-0.2, -0.15) is 5.26 Å². The molecule has 0 spiro atoms. The Morgan fingerprint density at radius 1 is 1.46 bits per heavy atom. The highest BCUT2D eigenvalue weighted by Gasteiger charge is 2.46. The van der Waals surface area contributed by atoms with Crippen molar-refractivity contribution in [3.05, 3.63) is 12.4 Å². The van der Waals surface area contributed by atoms with Crippen LogP contribution in [0.3, 0.4) is 0 Å². The van der Waals surface area contributed by atoms with E-state index in [9.17, 15) is 9.18 Å². The van der Waals surface area contributed by atoms with Crippen LogP contribution in [0.25, 0.3) is 0 Å². The highest BCUT2D eigenvalue weighted by atomic mass is 19.1. The minimum Gasteiger partial charge on any atom is -0.323 e. The molecule has 1 amide bonds. The molecule has 7 nitrogen and oxygen atoms in total. The van der Waals surface area contributed by atoms with Gasteiger partial charge in [0.25, 0.3) is 0 Å². The molecular formula is C18H27FN6O. The first kappa shape index (κ1) is 18.8. The molecule has 1 saturated carbocycles. The molecule has 8 heteroatoms. The summed E-state index contributed by atoms with van der Waals surface area (Å²) in [7, 11) is 1.95. The van der Waals surface area contributed by atoms with Crippen LogP contribution >= 0.6 is 0 Å². The quantitative estimate of drug-likeness (QED) is 0.793. The minimum atomic E-state index is -1.09. The summed E-state index contributed by atoms with van der Waals surface area (Å²) in [5.74, 6) is 0.287. The number of nitriles is 1. The normalized spacial score (nSPS) is 30.7. The number of alkyl halides is 1. The van der Waals surface area contributed by atoms with Crippen molar-refractivity contribution in [1.29, 1.82) is 5.26 Å². The van der Waals surface area contributed by atoms with E-state index in [-0.39, 0.29) is 36.9 Å². The highest BCUT2D eigenvalue weighted by molar-refractivity contribution is 5.79. The van der Waals surface area contributed by atoms with Crippen LogP contribution in [-0.2, 0) is 11.3 Å². The third-order valence-corrected chi connectivity index (χ3v) is 6.22. The van der Waals surface area contributed by atoms with Gasteiger partial charge < -0.3 is 4.90 Å². The van der Waals surface area contributed by atoms with Crippen molar-refractivity contribution in [2.45, 2.75) is 57.9 Å². The van der Waals surface area contributed by atoms with Crippen LogP contribution < -0.4 is 0 Å². The van der Waals surface area contributed by atoms with Crippen LogP contribution in [0.2, 0.25) is 0 Å². The SMILES string of the molecule is CN(CC(=O)N1CC(F)CC1C#N)C1CCC(Cn2ccnn2)C1(C)C. The monoisotopic (exact) mass is 362 g/mol. The molecule has 1 aromatic rings. The smallest absolute Gasteiger partial charge is 0.237 e. The van der Waals surface area contributed by atoms with Crippen molar-refractivity contribution in [3.8, 4) is 6.07 Å². The van der Waals surface area contributed by atoms with E-state index in [1.165, 1.54) is 4.90 Å². The van der Waals surface area contributed by atoms with Crippen LogP contribution in [0.1, 0.15) is 33.1 Å². The number of hydrogen-bond donors (Lipinski definition) is 0. The fraction of sp³-hybridized carbons (Fsp3) is 0.778. The predicted molar refractivity (Wildman–Crippen MR) is 93.6 cm³/mol. The standard InChI is InChI=1S/C18H27FN6O/c1-18(2)13(10-24-7-6-21-22-24)4-5-16(18)23(3)12-17(26)25-11-14(19)8-15(25)9-20/h6-7,13-16H,4-5,8,10-12H2,1-3H3. The number of halogens is 1. The lowest BCUT2D eigenvalue weighted by Crippen LogP contribution is -2.48. The predicted octanol–water partition coefficient (Wildman–Crippen LogP) is 1.48. The maximum atomic E-state index is 13.6. The molecule has 4 unspecified atom stereocenters. The Kier molecular flexibility index (Phi) is 5.28. The van der Waals surface area contributed by atoms with Gasteiger partial charge in [-0.3, -0.25) is 14.4 Å². The minimum absolute atomic E-state index is 0.0171. The van der Waals surface area contributed by atoms with Crippen molar-refractivity contribution in [1.82, 2.24) is 24.8 Å². The molecule has 0 bridgehead atoms. The van der Waals surface area contributed by atoms with Gasteiger partial charge in [0.1, 0.15) is 12.2 Å². The Balaban J connectivity index is 1.62. The van der Waals surface area contributed by atoms with Gasteiger partial charge in [0.2, 0.25) is 5.91 Å². The van der Waals surface area contributed by atoms with E-state index in [2.05, 4.69) is 29.1 Å². The number of aromatic nitrogens is 3. The van der Waals surface area contributed by atoms with Gasteiger partial charge in [0.15, 0.2) is 0 Å². The first-order chi connectivity index (χ1) is 12.3. The largest absolute Gasteiger partial charge is 0.323 e. The number of rotatable bonds is 5. The van der Waals surface area contributed by atoms with E-state index in [0.717, 1.165) is 19.4 Å². The number of amides is 1. The molecule has 1 aliphatic carbocycles. The van der Waals surface area contributed by atoms with Crippen LogP contribution in [0.5, 0.6) is 0 Å². The van der Waals surface area contributed by atoms with Gasteiger partial charge in [0, 0.05) is 25.2 Å². The molecular weight excluding hydrogens is 335 g/mol. The lowest BCUT2D eigenvalue weighted by molar-refractivity contribution is -0.133. The summed E-state index contributed by atoms with van der Waals surface area (Å²) in [5, 5.41) is 17.1. The Morgan fingerprint density at radius 3 is 2.88 bits per heavy atom. The van der Waals surface area contributed by atoms with Gasteiger partial charge in [-0.1, -0.05) is 19.1 Å². The summed E-state index contributed by atoms with van der Waals surface area (Å²) in [6.45, 7) is 5.54. The first-order valence-corrected chi connectivity index (χ1v) is 9.20. The van der Waals surface area contributed by atoms with Crippen molar-refractivity contribution < 1.29 is 9.18 Å². The van der Waals surface area contributed by atoms with Crippen molar-refractivity contribution in [3.63, 3.8) is 0 Å². The highest BCUT2D eigenvalue weighted by Crippen LogP contribution is 2.45. The van der Waals surface area contributed by atoms with Crippen molar-refractivity contribution >= 4 is 5.91 Å². The lowest BCUT2D eigenvalue weighted by atomic mass is 9.78. The summed E-state index contributed by atoms with van der Waals surface area (Å²) in [4.78, 5) is 16.1. The van der Waals surface area contributed by atoms with E-state index in [4.69, 9.17) is 5.26 Å². The zero-order chi connectivity index (χ0) is 18.9. The average Bonchev–Trinajstić information content (AvgIpc) is 3.28. The molecule has 1 aromatic heterocycles. The second-order valence-corrected chi connectivity index (χ2v) is 8.18. The van der Waals surface area contributed by atoms with Gasteiger partial charge >= 0.3 is 0 Å². The number of nitrogens with zero attached hydrogens (tertiary/aromatic N) is 6. The third-order valence-electron chi connectivity index (χ3n) is 6.22. The lowest BCUT2D eigenvalue weighted by Gasteiger charge is -2.38. The maximum absolute atomic E-state index is 13.6. The molecule has 26 heavy (non-hydrogen) atoms. The van der Waals surface area contributed by atoms with Crippen LogP contribution in [0.15, 0.2) is 12.4 Å². The Hall–Kier alpha value is -2.01. The van der Waals surface area contributed by atoms with E-state index in [0.29, 0.717) is 5.92 Å². The molecule has 0 radical (unpaired) electrons. The van der Waals surface area contributed by atoms with Crippen molar-refractivity contribution in [2.24, 2.45) is 11.3 Å².